The first-order chi connectivity index (χ1) is 11.7. The van der Waals surface area contributed by atoms with Gasteiger partial charge in [0.25, 0.3) is 0 Å². The lowest BCUT2D eigenvalue weighted by Gasteiger charge is -2.31. The van der Waals surface area contributed by atoms with Crippen LogP contribution in [-0.4, -0.2) is 59.7 Å². The topological polar surface area (TPSA) is 107 Å². The van der Waals surface area contributed by atoms with Crippen molar-refractivity contribution in [3.8, 4) is 0 Å². The van der Waals surface area contributed by atoms with Gasteiger partial charge in [0.1, 0.15) is 0 Å². The number of benzene rings is 1. The number of ether oxygens (including phenoxy) is 1. The quantitative estimate of drug-likeness (QED) is 0.694. The van der Waals surface area contributed by atoms with Crippen molar-refractivity contribution in [1.82, 2.24) is 4.31 Å². The molecule has 0 unspecified atom stereocenters. The summed E-state index contributed by atoms with van der Waals surface area (Å²) in [6, 6.07) is 4.22. The number of nitrogens with two attached hydrogens (primary N) is 1. The van der Waals surface area contributed by atoms with Crippen molar-refractivity contribution in [2.24, 2.45) is 5.73 Å². The van der Waals surface area contributed by atoms with Crippen molar-refractivity contribution in [3.63, 3.8) is 0 Å². The van der Waals surface area contributed by atoms with Crippen LogP contribution in [0, 0.1) is 6.92 Å². The summed E-state index contributed by atoms with van der Waals surface area (Å²) in [7, 11) is -7.20. The molecule has 7 nitrogen and oxygen atoms in total. The van der Waals surface area contributed by atoms with Crippen LogP contribution in [0.25, 0.3) is 0 Å². The molecule has 1 aliphatic heterocycles. The zero-order chi connectivity index (χ0) is 18.7. The Morgan fingerprint density at radius 3 is 2.40 bits per heavy atom. The van der Waals surface area contributed by atoms with Crippen LogP contribution in [0.1, 0.15) is 24.8 Å². The van der Waals surface area contributed by atoms with E-state index in [0.29, 0.717) is 44.6 Å². The number of piperidine rings is 1. The Labute approximate surface area is 150 Å². The average molecular weight is 391 g/mol. The normalized spacial score (nSPS) is 17.7. The van der Waals surface area contributed by atoms with Gasteiger partial charge >= 0.3 is 0 Å². The van der Waals surface area contributed by atoms with Gasteiger partial charge in [-0.25, -0.2) is 16.8 Å². The van der Waals surface area contributed by atoms with Gasteiger partial charge in [0, 0.05) is 26.0 Å². The van der Waals surface area contributed by atoms with Gasteiger partial charge in [-0.15, -0.1) is 0 Å². The van der Waals surface area contributed by atoms with E-state index in [1.165, 1.54) is 22.5 Å². The first-order valence-corrected chi connectivity index (χ1v) is 11.6. The average Bonchev–Trinajstić information content (AvgIpc) is 2.54. The van der Waals surface area contributed by atoms with E-state index in [-0.39, 0.29) is 15.9 Å². The summed E-state index contributed by atoms with van der Waals surface area (Å²) in [6.07, 6.45) is 3.14. The van der Waals surface area contributed by atoms with Crippen molar-refractivity contribution in [2.45, 2.75) is 42.1 Å². The molecule has 1 heterocycles. The fraction of sp³-hybridized carbons (Fsp3) is 0.625. The molecule has 2 rings (SSSR count). The van der Waals surface area contributed by atoms with Crippen molar-refractivity contribution in [3.05, 3.63) is 23.8 Å². The van der Waals surface area contributed by atoms with Gasteiger partial charge in [0.05, 0.1) is 15.9 Å². The first kappa shape index (κ1) is 20.3. The lowest BCUT2D eigenvalue weighted by atomic mass is 10.1. The second-order valence-electron chi connectivity index (χ2n) is 6.32. The van der Waals surface area contributed by atoms with Crippen LogP contribution in [0.3, 0.4) is 0 Å². The highest BCUT2D eigenvalue weighted by Gasteiger charge is 2.31. The smallest absolute Gasteiger partial charge is 0.243 e. The zero-order valence-electron chi connectivity index (χ0n) is 14.6. The maximum atomic E-state index is 12.9. The Morgan fingerprint density at radius 2 is 1.84 bits per heavy atom. The lowest BCUT2D eigenvalue weighted by Crippen LogP contribution is -2.41. The lowest BCUT2D eigenvalue weighted by molar-refractivity contribution is 0.0209. The van der Waals surface area contributed by atoms with Crippen LogP contribution in [0.5, 0.6) is 0 Å². The number of rotatable bonds is 7. The van der Waals surface area contributed by atoms with Gasteiger partial charge in [-0.1, -0.05) is 6.07 Å². The molecular formula is C16H26N2O5S2. The second-order valence-corrected chi connectivity index (χ2v) is 10.2. The van der Waals surface area contributed by atoms with Gasteiger partial charge in [-0.2, -0.15) is 4.31 Å². The molecule has 0 spiro atoms. The fourth-order valence-corrected chi connectivity index (χ4v) is 5.24. The van der Waals surface area contributed by atoms with E-state index in [1.54, 1.807) is 6.92 Å². The Kier molecular flexibility index (Phi) is 6.61. The third kappa shape index (κ3) is 5.01. The minimum atomic E-state index is -3.73. The minimum absolute atomic E-state index is 0.0108. The third-order valence-corrected chi connectivity index (χ3v) is 7.46. The zero-order valence-corrected chi connectivity index (χ0v) is 16.3. The fourth-order valence-electron chi connectivity index (χ4n) is 2.80. The Morgan fingerprint density at radius 1 is 1.20 bits per heavy atom. The minimum Gasteiger partial charge on any atom is -0.378 e. The van der Waals surface area contributed by atoms with E-state index in [0.717, 1.165) is 12.7 Å². The van der Waals surface area contributed by atoms with Gasteiger partial charge in [-0.3, -0.25) is 0 Å². The monoisotopic (exact) mass is 390 g/mol. The summed E-state index contributed by atoms with van der Waals surface area (Å²) < 4.78 is 56.4. The SMILES string of the molecule is Cc1ccc(S(C)(=O)=O)cc1S(=O)(=O)N1CCC(OCCCN)CC1. The molecule has 9 heteroatoms. The van der Waals surface area contributed by atoms with E-state index in [1.807, 2.05) is 0 Å². The molecule has 0 bridgehead atoms. The number of sulfonamides is 1. The van der Waals surface area contributed by atoms with Crippen LogP contribution in [0.15, 0.2) is 28.0 Å². The molecule has 1 aromatic carbocycles. The van der Waals surface area contributed by atoms with Crippen LogP contribution in [0.2, 0.25) is 0 Å². The molecule has 0 aliphatic carbocycles. The molecular weight excluding hydrogens is 364 g/mol. The summed E-state index contributed by atoms with van der Waals surface area (Å²) in [6.45, 7) is 3.55. The number of aryl methyl sites for hydroxylation is 1. The van der Waals surface area contributed by atoms with E-state index >= 15 is 0 Å². The van der Waals surface area contributed by atoms with Crippen LogP contribution < -0.4 is 5.73 Å². The van der Waals surface area contributed by atoms with E-state index in [2.05, 4.69) is 0 Å². The summed E-state index contributed by atoms with van der Waals surface area (Å²) in [5.41, 5.74) is 5.97. The number of nitrogens with zero attached hydrogens (tertiary/aromatic N) is 1. The third-order valence-electron chi connectivity index (χ3n) is 4.31. The Hall–Kier alpha value is -1.00. The largest absolute Gasteiger partial charge is 0.378 e. The Bertz CT molecular complexity index is 798. The first-order valence-electron chi connectivity index (χ1n) is 8.29. The molecule has 0 saturated carbocycles. The molecule has 1 aromatic rings. The van der Waals surface area contributed by atoms with Gasteiger partial charge < -0.3 is 10.5 Å². The predicted molar refractivity (Wildman–Crippen MR) is 95.7 cm³/mol. The summed E-state index contributed by atoms with van der Waals surface area (Å²) in [4.78, 5) is 0.0644. The van der Waals surface area contributed by atoms with Crippen LogP contribution >= 0.6 is 0 Å². The summed E-state index contributed by atoms with van der Waals surface area (Å²) >= 11 is 0. The number of sulfone groups is 1. The predicted octanol–water partition coefficient (Wildman–Crippen LogP) is 0.917. The standard InChI is InChI=1S/C16H26N2O5S2/c1-13-4-5-15(24(2,19)20)12-16(13)25(21,22)18-9-6-14(7-10-18)23-11-3-8-17/h4-5,12,14H,3,6-11,17H2,1-2H3. The van der Waals surface area contributed by atoms with Crippen LogP contribution in [0.4, 0.5) is 0 Å². The molecule has 0 atom stereocenters. The molecule has 0 aromatic heterocycles. The van der Waals surface area contributed by atoms with Gasteiger partial charge in [0.15, 0.2) is 9.84 Å². The molecule has 1 aliphatic rings. The van der Waals surface area contributed by atoms with Gasteiger partial charge in [-0.05, 0) is 50.4 Å². The molecule has 1 saturated heterocycles. The Balaban J connectivity index is 2.15. The number of hydrogen-bond acceptors (Lipinski definition) is 6. The maximum absolute atomic E-state index is 12.9. The molecule has 0 radical (unpaired) electrons. The molecule has 25 heavy (non-hydrogen) atoms. The van der Waals surface area contributed by atoms with Crippen molar-refractivity contribution in [1.29, 1.82) is 0 Å². The van der Waals surface area contributed by atoms with E-state index in [4.69, 9.17) is 10.5 Å². The van der Waals surface area contributed by atoms with Crippen molar-refractivity contribution >= 4 is 19.9 Å². The molecule has 0 amide bonds. The highest BCUT2D eigenvalue weighted by atomic mass is 32.2. The van der Waals surface area contributed by atoms with E-state index in [9.17, 15) is 16.8 Å². The molecule has 1 fully saturated rings. The van der Waals surface area contributed by atoms with E-state index < -0.39 is 19.9 Å². The maximum Gasteiger partial charge on any atom is 0.243 e. The van der Waals surface area contributed by atoms with Crippen molar-refractivity contribution < 1.29 is 21.6 Å². The summed E-state index contributed by atoms with van der Waals surface area (Å²) in [5, 5.41) is 0. The van der Waals surface area contributed by atoms with Gasteiger partial charge in [0.2, 0.25) is 10.0 Å². The molecule has 142 valence electrons. The van der Waals surface area contributed by atoms with Crippen LogP contribution in [-0.2, 0) is 24.6 Å². The second kappa shape index (κ2) is 8.13. The highest BCUT2D eigenvalue weighted by Crippen LogP contribution is 2.26. The molecule has 2 N–H and O–H groups in total. The highest BCUT2D eigenvalue weighted by molar-refractivity contribution is 7.91. The van der Waals surface area contributed by atoms with Crippen molar-refractivity contribution in [2.75, 3.05) is 32.5 Å². The summed E-state index contributed by atoms with van der Waals surface area (Å²) in [5.74, 6) is 0. The number of hydrogen-bond donors (Lipinski definition) is 1.